The first kappa shape index (κ1) is 22.2. The number of fused-ring (bicyclic) bond motifs is 1. The Morgan fingerprint density at radius 2 is 2.03 bits per heavy atom. The van der Waals surface area contributed by atoms with Gasteiger partial charge in [0, 0.05) is 7.11 Å². The van der Waals surface area contributed by atoms with Crippen molar-refractivity contribution in [2.45, 2.75) is 26.1 Å². The number of nitrogens with one attached hydrogen (secondary N) is 2. The van der Waals surface area contributed by atoms with Gasteiger partial charge < -0.3 is 19.8 Å². The predicted molar refractivity (Wildman–Crippen MR) is 111 cm³/mol. The normalized spacial score (nSPS) is 12.7. The van der Waals surface area contributed by atoms with E-state index >= 15 is 0 Å². The molecular weight excluding hydrogens is 443 g/mol. The molecule has 4 aromatic heterocycles. The van der Waals surface area contributed by atoms with E-state index in [4.69, 9.17) is 9.15 Å². The number of urea groups is 1. The molecule has 0 bridgehead atoms. The number of amides is 2. The maximum atomic E-state index is 13.6. The largest absolute Gasteiger partial charge is 0.443 e. The summed E-state index contributed by atoms with van der Waals surface area (Å²) >= 11 is 0. The number of oxazole rings is 1. The Kier molecular flexibility index (Phi) is 5.72. The molecule has 0 saturated carbocycles. The highest BCUT2D eigenvalue weighted by atomic mass is 19.4. The lowest BCUT2D eigenvalue weighted by Crippen LogP contribution is -2.22. The van der Waals surface area contributed by atoms with Crippen molar-refractivity contribution in [3.8, 4) is 11.6 Å². The third-order valence-electron chi connectivity index (χ3n) is 4.74. The Hall–Kier alpha value is -4.00. The van der Waals surface area contributed by atoms with Crippen LogP contribution in [0.15, 0.2) is 41.5 Å². The number of methoxy groups -OCH3 is 1. The number of rotatable bonds is 5. The molecule has 0 saturated heterocycles. The molecule has 10 nitrogen and oxygen atoms in total. The second-order valence-corrected chi connectivity index (χ2v) is 7.03. The number of alkyl halides is 3. The van der Waals surface area contributed by atoms with Crippen LogP contribution in [-0.4, -0.2) is 37.7 Å². The first-order valence-electron chi connectivity index (χ1n) is 9.60. The van der Waals surface area contributed by atoms with E-state index in [9.17, 15) is 18.0 Å². The van der Waals surface area contributed by atoms with Gasteiger partial charge in [-0.1, -0.05) is 0 Å². The van der Waals surface area contributed by atoms with E-state index in [2.05, 4.69) is 30.7 Å². The van der Waals surface area contributed by atoms with Crippen LogP contribution >= 0.6 is 0 Å². The lowest BCUT2D eigenvalue weighted by atomic mass is 10.1. The van der Waals surface area contributed by atoms with Gasteiger partial charge in [-0.3, -0.25) is 0 Å². The molecule has 0 aliphatic heterocycles. The highest BCUT2D eigenvalue weighted by Gasteiger charge is 2.36. The first-order chi connectivity index (χ1) is 15.7. The van der Waals surface area contributed by atoms with Gasteiger partial charge >= 0.3 is 12.2 Å². The van der Waals surface area contributed by atoms with Crippen LogP contribution < -0.4 is 10.6 Å². The summed E-state index contributed by atoms with van der Waals surface area (Å²) in [6, 6.07) is -0.0442. The number of aromatic nitrogens is 5. The molecular formula is C20H18F3N7O3. The summed E-state index contributed by atoms with van der Waals surface area (Å²) in [7, 11) is 1.50. The number of nitrogens with zero attached hydrogens (tertiary/aromatic N) is 5. The number of carbonyl (C=O) groups is 1. The lowest BCUT2D eigenvalue weighted by Gasteiger charge is -2.17. The number of pyridine rings is 1. The van der Waals surface area contributed by atoms with Crippen molar-refractivity contribution in [2.75, 3.05) is 17.7 Å². The molecule has 1 atom stereocenters. The predicted octanol–water partition coefficient (Wildman–Crippen LogP) is 4.46. The molecule has 0 aromatic carbocycles. The van der Waals surface area contributed by atoms with Crippen molar-refractivity contribution in [3.63, 3.8) is 0 Å². The number of hydrogen-bond donors (Lipinski definition) is 2. The number of anilines is 2. The number of imidazole rings is 1. The van der Waals surface area contributed by atoms with Gasteiger partial charge in [0.15, 0.2) is 5.65 Å². The van der Waals surface area contributed by atoms with E-state index in [1.165, 1.54) is 19.5 Å². The zero-order valence-electron chi connectivity index (χ0n) is 17.6. The Bertz CT molecular complexity index is 1300. The summed E-state index contributed by atoms with van der Waals surface area (Å²) < 4.78 is 52.6. The van der Waals surface area contributed by atoms with Gasteiger partial charge in [-0.15, -0.1) is 0 Å². The average Bonchev–Trinajstić information content (AvgIpc) is 3.41. The maximum Gasteiger partial charge on any atom is 0.418 e. The molecule has 0 spiro atoms. The van der Waals surface area contributed by atoms with Crippen molar-refractivity contribution in [1.82, 2.24) is 24.6 Å². The first-order valence-corrected chi connectivity index (χ1v) is 9.60. The van der Waals surface area contributed by atoms with E-state index in [0.29, 0.717) is 22.6 Å². The topological polar surface area (TPSA) is 119 Å². The molecule has 4 rings (SSSR count). The Balaban J connectivity index is 1.63. The molecule has 4 heterocycles. The van der Waals surface area contributed by atoms with Gasteiger partial charge in [0.2, 0.25) is 5.89 Å². The molecule has 0 unspecified atom stereocenters. The van der Waals surface area contributed by atoms with E-state index in [1.807, 2.05) is 0 Å². The van der Waals surface area contributed by atoms with Crippen LogP contribution in [-0.2, 0) is 10.9 Å². The van der Waals surface area contributed by atoms with Gasteiger partial charge in [-0.2, -0.15) is 18.3 Å². The minimum absolute atomic E-state index is 0.179. The van der Waals surface area contributed by atoms with E-state index in [-0.39, 0.29) is 11.6 Å². The minimum atomic E-state index is -4.75. The minimum Gasteiger partial charge on any atom is -0.443 e. The van der Waals surface area contributed by atoms with Crippen LogP contribution in [0.4, 0.5) is 29.3 Å². The number of halogens is 3. The van der Waals surface area contributed by atoms with E-state index < -0.39 is 29.6 Å². The van der Waals surface area contributed by atoms with E-state index in [1.54, 1.807) is 24.6 Å². The highest BCUT2D eigenvalue weighted by molar-refractivity contribution is 6.00. The monoisotopic (exact) mass is 461 g/mol. The fourth-order valence-corrected chi connectivity index (χ4v) is 3.23. The van der Waals surface area contributed by atoms with Crippen LogP contribution in [0.2, 0.25) is 0 Å². The van der Waals surface area contributed by atoms with Crippen molar-refractivity contribution in [3.05, 3.63) is 53.9 Å². The second-order valence-electron chi connectivity index (χ2n) is 7.03. The Morgan fingerprint density at radius 3 is 2.70 bits per heavy atom. The summed E-state index contributed by atoms with van der Waals surface area (Å²) in [5, 5.41) is 9.15. The molecule has 172 valence electrons. The third-order valence-corrected chi connectivity index (χ3v) is 4.74. The number of ether oxygens (including phenoxy) is 1. The average molecular weight is 461 g/mol. The molecule has 13 heteroatoms. The van der Waals surface area contributed by atoms with Crippen LogP contribution in [0.5, 0.6) is 0 Å². The Labute approximate surface area is 184 Å². The fraction of sp³-hybridized carbons (Fsp3) is 0.250. The molecule has 0 aliphatic rings. The number of hydrogen-bond acceptors (Lipinski definition) is 7. The number of carbonyl (C=O) groups excluding carboxylic acids is 1. The maximum absolute atomic E-state index is 13.6. The van der Waals surface area contributed by atoms with E-state index in [0.717, 1.165) is 18.5 Å². The van der Waals surface area contributed by atoms with Gasteiger partial charge in [0.1, 0.15) is 12.0 Å². The summed E-state index contributed by atoms with van der Waals surface area (Å²) in [6.45, 7) is 3.56. The summed E-state index contributed by atoms with van der Waals surface area (Å²) in [5.41, 5.74) is 0.277. The standard InChI is InChI=1S/C20H18F3N7O3/c1-10-9-30-17(27-10)15(11(2)32-3)14(8-26-30)29-19(31)28-12-6-13(20(21,22)23)16(25-7-12)18-24-4-5-33-18/h4-9,11H,1-3H3,(H2,28,29,31)/t11-/m0/s1. The molecule has 0 fully saturated rings. The smallest absolute Gasteiger partial charge is 0.418 e. The van der Waals surface area contributed by atoms with Crippen molar-refractivity contribution in [2.24, 2.45) is 0 Å². The second kappa shape index (κ2) is 8.50. The molecule has 2 N–H and O–H groups in total. The quantitative estimate of drug-likeness (QED) is 0.450. The molecule has 0 aliphatic carbocycles. The Morgan fingerprint density at radius 1 is 1.24 bits per heavy atom. The van der Waals surface area contributed by atoms with Crippen molar-refractivity contribution in [1.29, 1.82) is 0 Å². The van der Waals surface area contributed by atoms with Gasteiger partial charge in [-0.05, 0) is 19.9 Å². The van der Waals surface area contributed by atoms with Crippen LogP contribution in [0.25, 0.3) is 17.2 Å². The molecule has 0 radical (unpaired) electrons. The van der Waals surface area contributed by atoms with Gasteiger partial charge in [0.05, 0.1) is 59.1 Å². The lowest BCUT2D eigenvalue weighted by molar-refractivity contribution is -0.137. The van der Waals surface area contributed by atoms with Gasteiger partial charge in [0.25, 0.3) is 0 Å². The van der Waals surface area contributed by atoms with Gasteiger partial charge in [-0.25, -0.2) is 24.3 Å². The van der Waals surface area contributed by atoms with Crippen molar-refractivity contribution < 1.29 is 27.1 Å². The molecule has 4 aromatic rings. The fourth-order valence-electron chi connectivity index (χ4n) is 3.23. The SMILES string of the molecule is CO[C@@H](C)c1c(NC(=O)Nc2cnc(-c3ncco3)c(C(F)(F)F)c2)cnn2cc(C)nc12. The van der Waals surface area contributed by atoms with Crippen molar-refractivity contribution >= 4 is 23.1 Å². The number of aryl methyl sites for hydroxylation is 1. The molecule has 33 heavy (non-hydrogen) atoms. The highest BCUT2D eigenvalue weighted by Crippen LogP contribution is 2.37. The molecule has 2 amide bonds. The van der Waals surface area contributed by atoms with Crippen LogP contribution in [0.3, 0.4) is 0 Å². The van der Waals surface area contributed by atoms with Crippen LogP contribution in [0, 0.1) is 6.92 Å². The zero-order chi connectivity index (χ0) is 23.8. The summed E-state index contributed by atoms with van der Waals surface area (Å²) in [6.07, 6.45) is 1.34. The summed E-state index contributed by atoms with van der Waals surface area (Å²) in [4.78, 5) is 24.5. The third kappa shape index (κ3) is 4.48. The van der Waals surface area contributed by atoms with Crippen LogP contribution in [0.1, 0.15) is 29.8 Å². The summed E-state index contributed by atoms with van der Waals surface area (Å²) in [5.74, 6) is -0.286. The zero-order valence-corrected chi connectivity index (χ0v) is 17.6.